The summed E-state index contributed by atoms with van der Waals surface area (Å²) in [7, 11) is 6.47. The van der Waals surface area contributed by atoms with Gasteiger partial charge in [0.1, 0.15) is 35.9 Å². The van der Waals surface area contributed by atoms with E-state index >= 15 is 4.39 Å². The number of carbonyl (C=O) groups excluding carboxylic acids is 2. The third kappa shape index (κ3) is 12.4. The number of nitrogens with two attached hydrogens (primary N) is 1. The fourth-order valence-corrected chi connectivity index (χ4v) is 9.84. The number of hydrogen-bond donors (Lipinski definition) is 2. The first-order chi connectivity index (χ1) is 34.4. The molecular weight excluding hydrogens is 934 g/mol. The summed E-state index contributed by atoms with van der Waals surface area (Å²) in [6.07, 6.45) is 19.1. The van der Waals surface area contributed by atoms with Gasteiger partial charge in [0.15, 0.2) is 11.6 Å². The number of nitrogens with zero attached hydrogens (tertiary/aromatic N) is 12. The number of likely N-dealkylation sites (tertiary alicyclic amines) is 2. The fourth-order valence-electron chi connectivity index (χ4n) is 9.71. The first-order valence-corrected chi connectivity index (χ1v) is 25.1. The molecule has 2 saturated carbocycles. The molecule has 71 heavy (non-hydrogen) atoms. The number of nitrogen functional groups attached to an aromatic ring is 1. The van der Waals surface area contributed by atoms with Crippen LogP contribution in [0.1, 0.15) is 110 Å². The minimum absolute atomic E-state index is 0.0438. The van der Waals surface area contributed by atoms with Crippen molar-refractivity contribution in [3.63, 3.8) is 0 Å². The van der Waals surface area contributed by atoms with Gasteiger partial charge in [0.05, 0.1) is 34.5 Å². The van der Waals surface area contributed by atoms with Gasteiger partial charge in [-0.1, -0.05) is 25.7 Å². The minimum Gasteiger partial charge on any atom is -0.476 e. The summed E-state index contributed by atoms with van der Waals surface area (Å²) in [6.45, 7) is 7.91. The van der Waals surface area contributed by atoms with Crippen molar-refractivity contribution in [2.45, 2.75) is 89.1 Å². The Hall–Kier alpha value is -6.25. The highest BCUT2D eigenvalue weighted by Crippen LogP contribution is 2.38. The van der Waals surface area contributed by atoms with Gasteiger partial charge >= 0.3 is 0 Å². The van der Waals surface area contributed by atoms with E-state index in [0.29, 0.717) is 53.6 Å². The van der Waals surface area contributed by atoms with Crippen molar-refractivity contribution in [3.05, 3.63) is 77.4 Å². The quantitative estimate of drug-likeness (QED) is 0.0994. The second kappa shape index (κ2) is 23.8. The summed E-state index contributed by atoms with van der Waals surface area (Å²) in [5.74, 6) is -0.317. The standard InChI is InChI=1S/C25H32FN7O2.C14H16ClFN4O.C11H17N3O/c1-31(2)24(34)22-21(26)19-16-28-25(30-23(19)33(22)18-7-3-4-8-18)29-17-9-10-20(27-15-17)35-14-13-32-11-5-6-12-32;1-19(2)13(21)11-10(16)9-7-17-14(15)18-12(9)20(11)8-5-3-4-6-8;12-10-3-4-11(13-9-10)15-8-7-14-5-1-2-6-14/h9-10,15-16,18H,3-8,11-14H2,1-2H3,(H,28,29,30);7-8H,3-6H2,1-2H3;3-4,9H,1-2,5-8,12H2. The van der Waals surface area contributed by atoms with Gasteiger partial charge in [-0.15, -0.1) is 0 Å². The molecule has 0 atom stereocenters. The number of aromatic nitrogens is 8. The van der Waals surface area contributed by atoms with E-state index in [1.54, 1.807) is 67.9 Å². The van der Waals surface area contributed by atoms with Gasteiger partial charge in [-0.25, -0.2) is 28.7 Å². The number of anilines is 3. The van der Waals surface area contributed by atoms with Crippen LogP contribution in [0, 0.1) is 11.6 Å². The van der Waals surface area contributed by atoms with Crippen molar-refractivity contribution in [1.82, 2.24) is 58.6 Å². The van der Waals surface area contributed by atoms with E-state index < -0.39 is 11.6 Å². The Morgan fingerprint density at radius 3 is 1.56 bits per heavy atom. The molecule has 0 radical (unpaired) electrons. The normalized spacial score (nSPS) is 16.5. The summed E-state index contributed by atoms with van der Waals surface area (Å²) in [5, 5.41) is 3.71. The molecule has 2 aliphatic carbocycles. The third-order valence-corrected chi connectivity index (χ3v) is 13.6. The molecule has 21 heteroatoms. The lowest BCUT2D eigenvalue weighted by Gasteiger charge is -2.18. The van der Waals surface area contributed by atoms with Crippen LogP contribution in [0.3, 0.4) is 0 Å². The van der Waals surface area contributed by atoms with E-state index in [4.69, 9.17) is 26.8 Å². The fraction of sp³-hybridized carbons (Fsp3) is 0.520. The summed E-state index contributed by atoms with van der Waals surface area (Å²) in [5.41, 5.74) is 7.85. The molecule has 8 heterocycles. The smallest absolute Gasteiger partial charge is 0.273 e. The molecule has 0 spiro atoms. The Kier molecular flexibility index (Phi) is 17.1. The Morgan fingerprint density at radius 1 is 0.648 bits per heavy atom. The molecule has 0 unspecified atom stereocenters. The van der Waals surface area contributed by atoms with E-state index in [1.165, 1.54) is 61.0 Å². The van der Waals surface area contributed by atoms with Crippen molar-refractivity contribution in [2.75, 3.05) is 91.7 Å². The van der Waals surface area contributed by atoms with Gasteiger partial charge in [-0.2, -0.15) is 9.97 Å². The predicted octanol–water partition coefficient (Wildman–Crippen LogP) is 8.18. The zero-order valence-electron chi connectivity index (χ0n) is 41.1. The van der Waals surface area contributed by atoms with Crippen LogP contribution in [0.5, 0.6) is 11.8 Å². The molecule has 4 fully saturated rings. The van der Waals surface area contributed by atoms with Crippen molar-refractivity contribution in [3.8, 4) is 11.8 Å². The summed E-state index contributed by atoms with van der Waals surface area (Å²) in [4.78, 5) is 58.2. The van der Waals surface area contributed by atoms with Crippen LogP contribution in [0.4, 0.5) is 26.1 Å². The Labute approximate surface area is 417 Å². The average molecular weight is 1000 g/mol. The van der Waals surface area contributed by atoms with Gasteiger partial charge in [0.2, 0.25) is 23.0 Å². The van der Waals surface area contributed by atoms with Crippen molar-refractivity contribution in [1.29, 1.82) is 0 Å². The monoisotopic (exact) mass is 998 g/mol. The van der Waals surface area contributed by atoms with E-state index in [9.17, 15) is 14.0 Å². The highest BCUT2D eigenvalue weighted by molar-refractivity contribution is 6.28. The molecule has 4 aliphatic rings. The molecule has 0 bridgehead atoms. The van der Waals surface area contributed by atoms with Crippen molar-refractivity contribution < 1.29 is 27.8 Å². The molecule has 18 nitrogen and oxygen atoms in total. The lowest BCUT2D eigenvalue weighted by atomic mass is 10.2. The van der Waals surface area contributed by atoms with E-state index in [0.717, 1.165) is 77.5 Å². The average Bonchev–Trinajstić information content (AvgIpc) is 4.24. The third-order valence-electron chi connectivity index (χ3n) is 13.4. The van der Waals surface area contributed by atoms with Crippen LogP contribution in [-0.4, -0.2) is 151 Å². The topological polar surface area (TPSA) is 191 Å². The number of halogens is 3. The largest absolute Gasteiger partial charge is 0.476 e. The van der Waals surface area contributed by atoms with Crippen molar-refractivity contribution >= 4 is 62.8 Å². The predicted molar refractivity (Wildman–Crippen MR) is 270 cm³/mol. The zero-order valence-corrected chi connectivity index (χ0v) is 41.9. The first-order valence-electron chi connectivity index (χ1n) is 24.7. The molecule has 6 aromatic rings. The number of ether oxygens (including phenoxy) is 2. The molecule has 6 aromatic heterocycles. The summed E-state index contributed by atoms with van der Waals surface area (Å²) < 4.78 is 44.8. The minimum atomic E-state index is -0.563. The van der Waals surface area contributed by atoms with Crippen LogP contribution < -0.4 is 20.5 Å². The molecular formula is C50H65ClF2N14O4. The lowest BCUT2D eigenvalue weighted by Crippen LogP contribution is -2.26. The maximum Gasteiger partial charge on any atom is 0.273 e. The van der Waals surface area contributed by atoms with Gasteiger partial charge in [-0.3, -0.25) is 19.4 Å². The van der Waals surface area contributed by atoms with Gasteiger partial charge in [0, 0.05) is 77.9 Å². The molecule has 10 rings (SSSR count). The summed E-state index contributed by atoms with van der Waals surface area (Å²) >= 11 is 5.85. The van der Waals surface area contributed by atoms with Crippen LogP contribution in [0.2, 0.25) is 5.28 Å². The maximum absolute atomic E-state index is 15.4. The number of nitrogens with one attached hydrogen (secondary N) is 1. The van der Waals surface area contributed by atoms with Crippen LogP contribution in [0.15, 0.2) is 49.1 Å². The van der Waals surface area contributed by atoms with E-state index in [2.05, 4.69) is 45.0 Å². The molecule has 2 amide bonds. The number of amides is 2. The molecule has 3 N–H and O–H groups in total. The maximum atomic E-state index is 15.4. The Bertz CT molecular complexity index is 2730. The zero-order chi connectivity index (χ0) is 50.0. The second-order valence-electron chi connectivity index (χ2n) is 18.9. The van der Waals surface area contributed by atoms with E-state index in [1.807, 2.05) is 6.07 Å². The molecule has 380 valence electrons. The number of carbonyl (C=O) groups is 2. The van der Waals surface area contributed by atoms with Crippen molar-refractivity contribution in [2.24, 2.45) is 0 Å². The number of fused-ring (bicyclic) bond motifs is 2. The molecule has 2 saturated heterocycles. The van der Waals surface area contributed by atoms with E-state index in [-0.39, 0.29) is 51.3 Å². The molecule has 0 aromatic carbocycles. The summed E-state index contributed by atoms with van der Waals surface area (Å²) in [6, 6.07) is 7.39. The Morgan fingerprint density at radius 2 is 1.11 bits per heavy atom. The van der Waals surface area contributed by atoms with Gasteiger partial charge in [0.25, 0.3) is 11.8 Å². The number of hydrogen-bond acceptors (Lipinski definition) is 14. The second-order valence-corrected chi connectivity index (χ2v) is 19.2. The van der Waals surface area contributed by atoms with Crippen LogP contribution >= 0.6 is 11.6 Å². The SMILES string of the molecule is CN(C)C(=O)c1c(F)c2cnc(Cl)nc2n1C1CCCC1.CN(C)C(=O)c1c(F)c2cnc(Nc3ccc(OCCN4CCCC4)nc3)nc2n1C1CCCC1.Nc1ccc(OCCN2CCCC2)nc1. The highest BCUT2D eigenvalue weighted by Gasteiger charge is 2.33. The Balaban J connectivity index is 0.000000159. The number of rotatable bonds is 14. The first kappa shape index (κ1) is 51.1. The lowest BCUT2D eigenvalue weighted by molar-refractivity contribution is 0.0803. The molecule has 2 aliphatic heterocycles. The van der Waals surface area contributed by atoms with Gasteiger partial charge in [-0.05, 0) is 101 Å². The van der Waals surface area contributed by atoms with Crippen LogP contribution in [0.25, 0.3) is 22.1 Å². The highest BCUT2D eigenvalue weighted by atomic mass is 35.5. The number of pyridine rings is 2. The van der Waals surface area contributed by atoms with Crippen LogP contribution in [-0.2, 0) is 0 Å². The van der Waals surface area contributed by atoms with Gasteiger partial charge < -0.3 is 39.5 Å².